The molecule has 0 radical (unpaired) electrons. The van der Waals surface area contributed by atoms with Crippen molar-refractivity contribution in [3.05, 3.63) is 40.6 Å². The third-order valence-corrected chi connectivity index (χ3v) is 3.41. The fourth-order valence-electron chi connectivity index (χ4n) is 1.83. The number of benzene rings is 1. The number of hydrogen-bond acceptors (Lipinski definition) is 2. The Balaban J connectivity index is 1.91. The average molecular weight is 278 g/mol. The summed E-state index contributed by atoms with van der Waals surface area (Å²) in [5.74, 6) is 1.55. The maximum atomic E-state index is 4.43. The Bertz CT molecular complexity index is 502. The van der Waals surface area contributed by atoms with Crippen molar-refractivity contribution in [1.29, 1.82) is 0 Å². The van der Waals surface area contributed by atoms with Crippen molar-refractivity contribution < 1.29 is 0 Å². The highest BCUT2D eigenvalue weighted by atomic mass is 79.9. The Morgan fingerprint density at radius 2 is 2.19 bits per heavy atom. The lowest BCUT2D eigenvalue weighted by Crippen LogP contribution is -2.40. The van der Waals surface area contributed by atoms with Gasteiger partial charge in [-0.15, -0.1) is 0 Å². The van der Waals surface area contributed by atoms with E-state index < -0.39 is 0 Å². The molecule has 0 saturated carbocycles. The molecular formula is C12H12BrN3. The van der Waals surface area contributed by atoms with Gasteiger partial charge in [-0.25, -0.2) is 4.98 Å². The van der Waals surface area contributed by atoms with Gasteiger partial charge in [0.15, 0.2) is 0 Å². The van der Waals surface area contributed by atoms with Gasteiger partial charge < -0.3 is 10.3 Å². The Morgan fingerprint density at radius 3 is 2.88 bits per heavy atom. The predicted octanol–water partition coefficient (Wildman–Crippen LogP) is 2.53. The molecule has 2 aromatic rings. The van der Waals surface area contributed by atoms with Gasteiger partial charge in [-0.05, 0) is 12.1 Å². The van der Waals surface area contributed by atoms with Crippen LogP contribution in [0.1, 0.15) is 11.6 Å². The second-order valence-electron chi connectivity index (χ2n) is 4.05. The number of hydrogen-bond donors (Lipinski definition) is 2. The molecule has 1 aromatic heterocycles. The van der Waals surface area contributed by atoms with Crippen LogP contribution >= 0.6 is 15.9 Å². The number of imidazole rings is 1. The fraction of sp³-hybridized carbons (Fsp3) is 0.250. The van der Waals surface area contributed by atoms with E-state index in [1.165, 1.54) is 5.69 Å². The van der Waals surface area contributed by atoms with Crippen LogP contribution in [0.25, 0.3) is 11.4 Å². The van der Waals surface area contributed by atoms with Crippen LogP contribution in [0.5, 0.6) is 0 Å². The lowest BCUT2D eigenvalue weighted by Gasteiger charge is -2.25. The van der Waals surface area contributed by atoms with E-state index in [9.17, 15) is 0 Å². The summed E-state index contributed by atoms with van der Waals surface area (Å²) in [5, 5.41) is 3.26. The van der Waals surface area contributed by atoms with Crippen LogP contribution in [0.15, 0.2) is 34.9 Å². The Morgan fingerprint density at radius 1 is 1.31 bits per heavy atom. The summed E-state index contributed by atoms with van der Waals surface area (Å²) >= 11 is 3.47. The van der Waals surface area contributed by atoms with Crippen LogP contribution in [0.3, 0.4) is 0 Å². The van der Waals surface area contributed by atoms with Crippen molar-refractivity contribution in [2.45, 2.75) is 5.92 Å². The molecule has 0 unspecified atom stereocenters. The molecule has 0 spiro atoms. The van der Waals surface area contributed by atoms with Crippen molar-refractivity contribution in [3.63, 3.8) is 0 Å². The molecule has 0 atom stereocenters. The number of nitrogens with one attached hydrogen (secondary N) is 2. The Labute approximate surface area is 102 Å². The third kappa shape index (κ3) is 1.79. The molecule has 16 heavy (non-hydrogen) atoms. The molecule has 1 fully saturated rings. The Kier molecular flexibility index (Phi) is 2.53. The van der Waals surface area contributed by atoms with E-state index >= 15 is 0 Å². The first kappa shape index (κ1) is 10.1. The SMILES string of the molecule is Brc1cccc(-c2ncc(C3CNC3)[nH]2)c1. The zero-order chi connectivity index (χ0) is 11.0. The maximum Gasteiger partial charge on any atom is 0.137 e. The molecule has 82 valence electrons. The van der Waals surface area contributed by atoms with E-state index in [0.717, 1.165) is 29.0 Å². The first-order chi connectivity index (χ1) is 7.83. The number of nitrogens with zero attached hydrogens (tertiary/aromatic N) is 1. The second-order valence-corrected chi connectivity index (χ2v) is 4.97. The van der Waals surface area contributed by atoms with Crippen LogP contribution in [0.4, 0.5) is 0 Å². The number of H-pyrrole nitrogens is 1. The zero-order valence-electron chi connectivity index (χ0n) is 8.70. The van der Waals surface area contributed by atoms with Gasteiger partial charge in [-0.3, -0.25) is 0 Å². The first-order valence-electron chi connectivity index (χ1n) is 5.34. The van der Waals surface area contributed by atoms with Crippen molar-refractivity contribution in [3.8, 4) is 11.4 Å². The normalized spacial score (nSPS) is 16.1. The van der Waals surface area contributed by atoms with Gasteiger partial charge in [0.1, 0.15) is 5.82 Å². The minimum absolute atomic E-state index is 0.605. The molecule has 1 aliphatic heterocycles. The fourth-order valence-corrected chi connectivity index (χ4v) is 2.23. The summed E-state index contributed by atoms with van der Waals surface area (Å²) in [7, 11) is 0. The maximum absolute atomic E-state index is 4.43. The van der Waals surface area contributed by atoms with Crippen molar-refractivity contribution in [2.24, 2.45) is 0 Å². The second kappa shape index (κ2) is 4.03. The lowest BCUT2D eigenvalue weighted by molar-refractivity contribution is 0.441. The summed E-state index contributed by atoms with van der Waals surface area (Å²) in [6.45, 7) is 2.11. The van der Waals surface area contributed by atoms with E-state index in [1.54, 1.807) is 0 Å². The van der Waals surface area contributed by atoms with Crippen molar-refractivity contribution in [2.75, 3.05) is 13.1 Å². The molecule has 2 N–H and O–H groups in total. The highest BCUT2D eigenvalue weighted by Crippen LogP contribution is 2.23. The summed E-state index contributed by atoms with van der Waals surface area (Å²) in [6, 6.07) is 8.17. The van der Waals surface area contributed by atoms with Crippen LogP contribution in [-0.4, -0.2) is 23.1 Å². The minimum Gasteiger partial charge on any atom is -0.342 e. The van der Waals surface area contributed by atoms with Crippen molar-refractivity contribution >= 4 is 15.9 Å². The van der Waals surface area contributed by atoms with Gasteiger partial charge in [0.2, 0.25) is 0 Å². The molecule has 3 nitrogen and oxygen atoms in total. The first-order valence-corrected chi connectivity index (χ1v) is 6.14. The van der Waals surface area contributed by atoms with Gasteiger partial charge >= 0.3 is 0 Å². The number of aromatic nitrogens is 2. The van der Waals surface area contributed by atoms with E-state index in [-0.39, 0.29) is 0 Å². The van der Waals surface area contributed by atoms with E-state index in [2.05, 4.69) is 43.3 Å². The minimum atomic E-state index is 0.605. The average Bonchev–Trinajstić information content (AvgIpc) is 2.64. The molecule has 3 rings (SSSR count). The molecule has 2 heterocycles. The summed E-state index contributed by atoms with van der Waals surface area (Å²) in [5.41, 5.74) is 2.35. The van der Waals surface area contributed by atoms with Crippen molar-refractivity contribution in [1.82, 2.24) is 15.3 Å². The van der Waals surface area contributed by atoms with Gasteiger partial charge in [0.05, 0.1) is 0 Å². The summed E-state index contributed by atoms with van der Waals surface area (Å²) in [4.78, 5) is 7.81. The molecule has 0 amide bonds. The molecule has 4 heteroatoms. The molecule has 0 aliphatic carbocycles. The van der Waals surface area contributed by atoms with E-state index in [0.29, 0.717) is 5.92 Å². The lowest BCUT2D eigenvalue weighted by atomic mass is 10.0. The highest BCUT2D eigenvalue weighted by Gasteiger charge is 2.20. The highest BCUT2D eigenvalue weighted by molar-refractivity contribution is 9.10. The largest absolute Gasteiger partial charge is 0.342 e. The van der Waals surface area contributed by atoms with E-state index in [1.807, 2.05) is 18.3 Å². The number of aromatic amines is 1. The quantitative estimate of drug-likeness (QED) is 0.886. The van der Waals surface area contributed by atoms with Crippen LogP contribution < -0.4 is 5.32 Å². The number of rotatable bonds is 2. The van der Waals surface area contributed by atoms with Gasteiger partial charge in [0.25, 0.3) is 0 Å². The number of halogens is 1. The van der Waals surface area contributed by atoms with Crippen LogP contribution in [-0.2, 0) is 0 Å². The summed E-state index contributed by atoms with van der Waals surface area (Å²) < 4.78 is 1.08. The zero-order valence-corrected chi connectivity index (χ0v) is 10.3. The molecule has 1 saturated heterocycles. The standard InChI is InChI=1S/C12H12BrN3/c13-10-3-1-2-8(4-10)12-15-7-11(16-12)9-5-14-6-9/h1-4,7,9,14H,5-6H2,(H,15,16). The van der Waals surface area contributed by atoms with E-state index in [4.69, 9.17) is 0 Å². The van der Waals surface area contributed by atoms with Crippen LogP contribution in [0, 0.1) is 0 Å². The van der Waals surface area contributed by atoms with Gasteiger partial charge in [-0.2, -0.15) is 0 Å². The smallest absolute Gasteiger partial charge is 0.137 e. The monoisotopic (exact) mass is 277 g/mol. The molecule has 0 bridgehead atoms. The Hall–Kier alpha value is -1.13. The molecule has 1 aliphatic rings. The molecular weight excluding hydrogens is 266 g/mol. The molecule has 1 aromatic carbocycles. The van der Waals surface area contributed by atoms with Gasteiger partial charge in [0, 0.05) is 40.9 Å². The summed E-state index contributed by atoms with van der Waals surface area (Å²) in [6.07, 6.45) is 1.95. The van der Waals surface area contributed by atoms with Crippen LogP contribution in [0.2, 0.25) is 0 Å². The van der Waals surface area contributed by atoms with Gasteiger partial charge in [-0.1, -0.05) is 28.1 Å². The topological polar surface area (TPSA) is 40.7 Å². The predicted molar refractivity (Wildman–Crippen MR) is 67.3 cm³/mol. The third-order valence-electron chi connectivity index (χ3n) is 2.91.